The van der Waals surface area contributed by atoms with Gasteiger partial charge in [0.15, 0.2) is 0 Å². The molecule has 1 unspecified atom stereocenters. The largest absolute Gasteiger partial charge is 0.345 e. The predicted molar refractivity (Wildman–Crippen MR) is 131 cm³/mol. The number of halogens is 1. The van der Waals surface area contributed by atoms with E-state index < -0.39 is 15.9 Å². The molecule has 174 valence electrons. The molecule has 0 bridgehead atoms. The van der Waals surface area contributed by atoms with Crippen molar-refractivity contribution in [2.45, 2.75) is 24.8 Å². The molecule has 0 aliphatic carbocycles. The molecule has 10 heteroatoms. The maximum absolute atomic E-state index is 13.0. The van der Waals surface area contributed by atoms with Gasteiger partial charge in [0.25, 0.3) is 15.9 Å². The van der Waals surface area contributed by atoms with Crippen molar-refractivity contribution in [1.29, 1.82) is 0 Å². The molecule has 3 aromatic carbocycles. The lowest BCUT2D eigenvalue weighted by atomic mass is 10.1. The van der Waals surface area contributed by atoms with E-state index in [0.717, 1.165) is 16.8 Å². The minimum absolute atomic E-state index is 0.0617. The van der Waals surface area contributed by atoms with Crippen LogP contribution in [0.4, 0.5) is 5.69 Å². The summed E-state index contributed by atoms with van der Waals surface area (Å²) >= 11 is 6.24. The van der Waals surface area contributed by atoms with E-state index in [2.05, 4.69) is 20.1 Å². The molecule has 8 nitrogen and oxygen atoms in total. The van der Waals surface area contributed by atoms with Gasteiger partial charge < -0.3 is 5.32 Å². The Balaban J connectivity index is 1.51. The average Bonchev–Trinajstić information content (AvgIpc) is 3.34. The second-order valence-corrected chi connectivity index (χ2v) is 9.83. The molecule has 0 radical (unpaired) electrons. The van der Waals surface area contributed by atoms with Gasteiger partial charge in [0.2, 0.25) is 0 Å². The summed E-state index contributed by atoms with van der Waals surface area (Å²) in [7, 11) is -3.91. The Morgan fingerprint density at radius 2 is 1.82 bits per heavy atom. The van der Waals surface area contributed by atoms with E-state index >= 15 is 0 Å². The van der Waals surface area contributed by atoms with E-state index in [0.29, 0.717) is 5.69 Å². The third kappa shape index (κ3) is 5.27. The highest BCUT2D eigenvalue weighted by atomic mass is 35.5. The number of nitrogens with one attached hydrogen (secondary N) is 2. The van der Waals surface area contributed by atoms with Crippen LogP contribution < -0.4 is 10.0 Å². The van der Waals surface area contributed by atoms with E-state index in [1.165, 1.54) is 24.5 Å². The number of rotatable bonds is 7. The molecule has 4 rings (SSSR count). The van der Waals surface area contributed by atoms with Crippen molar-refractivity contribution in [3.8, 4) is 5.69 Å². The molecule has 1 aromatic heterocycles. The molecular weight excluding hydrogens is 474 g/mol. The molecule has 0 saturated carbocycles. The molecule has 1 amide bonds. The molecule has 2 N–H and O–H groups in total. The van der Waals surface area contributed by atoms with Gasteiger partial charge in [0.1, 0.15) is 12.7 Å². The molecule has 0 spiro atoms. The summed E-state index contributed by atoms with van der Waals surface area (Å²) in [6.45, 7) is 3.70. The summed E-state index contributed by atoms with van der Waals surface area (Å²) in [5.41, 5.74) is 3.11. The first-order valence-electron chi connectivity index (χ1n) is 10.4. The van der Waals surface area contributed by atoms with Gasteiger partial charge in [-0.1, -0.05) is 35.9 Å². The molecule has 1 heterocycles. The van der Waals surface area contributed by atoms with Crippen LogP contribution in [0.1, 0.15) is 34.5 Å². The van der Waals surface area contributed by atoms with Crippen LogP contribution in [0.2, 0.25) is 5.02 Å². The number of hydrogen-bond donors (Lipinski definition) is 2. The number of carbonyl (C=O) groups is 1. The number of anilines is 1. The number of hydrogen-bond acceptors (Lipinski definition) is 5. The molecular formula is C24H22ClN5O3S. The zero-order valence-electron chi connectivity index (χ0n) is 18.4. The highest BCUT2D eigenvalue weighted by Gasteiger charge is 2.20. The fraction of sp³-hybridized carbons (Fsp3) is 0.125. The Morgan fingerprint density at radius 1 is 1.06 bits per heavy atom. The van der Waals surface area contributed by atoms with Crippen LogP contribution in [-0.4, -0.2) is 29.1 Å². The lowest BCUT2D eigenvalue weighted by molar-refractivity contribution is 0.0940. The van der Waals surface area contributed by atoms with E-state index in [1.807, 2.05) is 44.2 Å². The van der Waals surface area contributed by atoms with E-state index in [4.69, 9.17) is 11.6 Å². The van der Waals surface area contributed by atoms with Crippen LogP contribution >= 0.6 is 11.6 Å². The van der Waals surface area contributed by atoms with Gasteiger partial charge in [-0.3, -0.25) is 9.52 Å². The third-order valence-corrected chi connectivity index (χ3v) is 6.90. The Hall–Kier alpha value is -3.69. The van der Waals surface area contributed by atoms with Crippen molar-refractivity contribution in [3.05, 3.63) is 101 Å². The van der Waals surface area contributed by atoms with Crippen molar-refractivity contribution in [2.24, 2.45) is 0 Å². The zero-order valence-corrected chi connectivity index (χ0v) is 20.0. The molecule has 34 heavy (non-hydrogen) atoms. The molecule has 4 aromatic rings. The first-order chi connectivity index (χ1) is 16.2. The third-order valence-electron chi connectivity index (χ3n) is 5.19. The van der Waals surface area contributed by atoms with Crippen LogP contribution in [0.5, 0.6) is 0 Å². The zero-order chi connectivity index (χ0) is 24.3. The number of carbonyl (C=O) groups excluding carboxylic acids is 1. The summed E-state index contributed by atoms with van der Waals surface area (Å²) in [6.07, 6.45) is 3.04. The Labute approximate surface area is 202 Å². The highest BCUT2D eigenvalue weighted by Crippen LogP contribution is 2.24. The van der Waals surface area contributed by atoms with Gasteiger partial charge in [-0.05, 0) is 67.4 Å². The molecule has 0 aliphatic rings. The van der Waals surface area contributed by atoms with Crippen molar-refractivity contribution >= 4 is 33.2 Å². The highest BCUT2D eigenvalue weighted by molar-refractivity contribution is 7.92. The van der Waals surface area contributed by atoms with Crippen molar-refractivity contribution in [3.63, 3.8) is 0 Å². The second kappa shape index (κ2) is 9.66. The monoisotopic (exact) mass is 495 g/mol. The lowest BCUT2D eigenvalue weighted by Crippen LogP contribution is -2.27. The first-order valence-corrected chi connectivity index (χ1v) is 12.2. The van der Waals surface area contributed by atoms with Crippen LogP contribution in [0.3, 0.4) is 0 Å². The fourth-order valence-corrected chi connectivity index (χ4v) is 4.66. The van der Waals surface area contributed by atoms with Crippen molar-refractivity contribution < 1.29 is 13.2 Å². The SMILES string of the molecule is Cc1cccc(NS(=O)(=O)c2ccc(Cl)c(C(=O)NC(C)c3ccc(-n4cncn4)cc3)c2)c1. The summed E-state index contributed by atoms with van der Waals surface area (Å²) in [5, 5.41) is 7.11. The number of aromatic nitrogens is 3. The average molecular weight is 496 g/mol. The minimum atomic E-state index is -3.91. The van der Waals surface area contributed by atoms with E-state index in [-0.39, 0.29) is 21.5 Å². The van der Waals surface area contributed by atoms with E-state index in [1.54, 1.807) is 29.2 Å². The Morgan fingerprint density at radius 3 is 2.50 bits per heavy atom. The number of amides is 1. The predicted octanol–water partition coefficient (Wildman–Crippen LogP) is 4.52. The van der Waals surface area contributed by atoms with Crippen molar-refractivity contribution in [1.82, 2.24) is 20.1 Å². The van der Waals surface area contributed by atoms with Crippen molar-refractivity contribution in [2.75, 3.05) is 4.72 Å². The Bertz CT molecular complexity index is 1420. The van der Waals surface area contributed by atoms with Gasteiger partial charge in [0, 0.05) is 5.69 Å². The van der Waals surface area contributed by atoms with Gasteiger partial charge >= 0.3 is 0 Å². The van der Waals surface area contributed by atoms with Crippen LogP contribution in [0, 0.1) is 6.92 Å². The smallest absolute Gasteiger partial charge is 0.261 e. The topological polar surface area (TPSA) is 106 Å². The van der Waals surface area contributed by atoms with E-state index in [9.17, 15) is 13.2 Å². The normalized spacial score (nSPS) is 12.2. The fourth-order valence-electron chi connectivity index (χ4n) is 3.38. The molecule has 0 fully saturated rings. The summed E-state index contributed by atoms with van der Waals surface area (Å²) in [4.78, 5) is 16.8. The molecule has 0 aliphatic heterocycles. The van der Waals surface area contributed by atoms with Crippen LogP contribution in [-0.2, 0) is 10.0 Å². The van der Waals surface area contributed by atoms with Gasteiger partial charge in [0.05, 0.1) is 27.2 Å². The van der Waals surface area contributed by atoms with Crippen LogP contribution in [0.15, 0.2) is 84.3 Å². The quantitative estimate of drug-likeness (QED) is 0.392. The standard InChI is InChI=1S/C24H22ClN5O3S/c1-16-4-3-5-19(12-16)29-34(32,33)21-10-11-23(25)22(13-21)24(31)28-17(2)18-6-8-20(9-7-18)30-15-26-14-27-30/h3-15,17,29H,1-2H3,(H,28,31). The minimum Gasteiger partial charge on any atom is -0.345 e. The summed E-state index contributed by atoms with van der Waals surface area (Å²) < 4.78 is 29.9. The van der Waals surface area contributed by atoms with Gasteiger partial charge in [-0.15, -0.1) is 0 Å². The van der Waals surface area contributed by atoms with Gasteiger partial charge in [-0.25, -0.2) is 18.1 Å². The number of aryl methyl sites for hydroxylation is 1. The maximum atomic E-state index is 13.0. The maximum Gasteiger partial charge on any atom is 0.261 e. The molecule has 0 saturated heterocycles. The van der Waals surface area contributed by atoms with Gasteiger partial charge in [-0.2, -0.15) is 5.10 Å². The number of benzene rings is 3. The number of nitrogens with zero attached hydrogens (tertiary/aromatic N) is 3. The second-order valence-electron chi connectivity index (χ2n) is 7.74. The number of sulfonamides is 1. The first kappa shape index (κ1) is 23.5. The molecule has 1 atom stereocenters. The Kier molecular flexibility index (Phi) is 6.67. The van der Waals surface area contributed by atoms with Crippen LogP contribution in [0.25, 0.3) is 5.69 Å². The lowest BCUT2D eigenvalue weighted by Gasteiger charge is -2.16. The summed E-state index contributed by atoms with van der Waals surface area (Å²) in [5.74, 6) is -0.481. The summed E-state index contributed by atoms with van der Waals surface area (Å²) in [6, 6.07) is 18.2.